The van der Waals surface area contributed by atoms with Gasteiger partial charge in [-0.3, -0.25) is 4.79 Å². The van der Waals surface area contributed by atoms with Crippen molar-refractivity contribution in [2.24, 2.45) is 0 Å². The SMILES string of the molecule is CC(C)(C)c1cc(NC(=O)CN(Cc2ccccc2)C(=O)NCc2ccccc2)n(-c2ccccc2)n1. The molecular formula is C30H33N5O2. The Balaban J connectivity index is 1.53. The van der Waals surface area contributed by atoms with E-state index in [1.807, 2.05) is 97.1 Å². The Morgan fingerprint density at radius 3 is 2.00 bits per heavy atom. The fraction of sp³-hybridized carbons (Fsp3) is 0.233. The number of carbonyl (C=O) groups excluding carboxylic acids is 2. The van der Waals surface area contributed by atoms with Gasteiger partial charge >= 0.3 is 6.03 Å². The molecule has 0 aliphatic carbocycles. The van der Waals surface area contributed by atoms with E-state index in [0.717, 1.165) is 22.5 Å². The lowest BCUT2D eigenvalue weighted by Gasteiger charge is -2.23. The number of aromatic nitrogens is 2. The molecule has 0 fully saturated rings. The third-order valence-corrected chi connectivity index (χ3v) is 5.87. The van der Waals surface area contributed by atoms with Gasteiger partial charge in [0.2, 0.25) is 5.91 Å². The van der Waals surface area contributed by atoms with E-state index in [9.17, 15) is 9.59 Å². The number of amides is 3. The summed E-state index contributed by atoms with van der Waals surface area (Å²) in [7, 11) is 0. The van der Waals surface area contributed by atoms with E-state index in [1.165, 1.54) is 4.90 Å². The summed E-state index contributed by atoms with van der Waals surface area (Å²) in [6, 6.07) is 30.6. The molecule has 4 aromatic rings. The fourth-order valence-electron chi connectivity index (χ4n) is 3.85. The van der Waals surface area contributed by atoms with Gasteiger partial charge in [0.1, 0.15) is 12.4 Å². The number of nitrogens with one attached hydrogen (secondary N) is 2. The number of carbonyl (C=O) groups is 2. The summed E-state index contributed by atoms with van der Waals surface area (Å²) < 4.78 is 1.73. The summed E-state index contributed by atoms with van der Waals surface area (Å²) in [5.74, 6) is 0.258. The molecule has 1 aromatic heterocycles. The Bertz CT molecular complexity index is 1310. The molecule has 4 rings (SSSR count). The van der Waals surface area contributed by atoms with Crippen LogP contribution in [0.5, 0.6) is 0 Å². The van der Waals surface area contributed by atoms with Crippen molar-refractivity contribution < 1.29 is 9.59 Å². The molecule has 1 heterocycles. The molecule has 37 heavy (non-hydrogen) atoms. The van der Waals surface area contributed by atoms with Crippen LogP contribution in [0.15, 0.2) is 97.1 Å². The average molecular weight is 496 g/mol. The average Bonchev–Trinajstić information content (AvgIpc) is 3.33. The second-order valence-corrected chi connectivity index (χ2v) is 9.95. The van der Waals surface area contributed by atoms with Gasteiger partial charge in [-0.05, 0) is 23.3 Å². The van der Waals surface area contributed by atoms with Gasteiger partial charge < -0.3 is 15.5 Å². The van der Waals surface area contributed by atoms with Crippen LogP contribution in [0.3, 0.4) is 0 Å². The smallest absolute Gasteiger partial charge is 0.318 e. The number of urea groups is 1. The van der Waals surface area contributed by atoms with Crippen molar-refractivity contribution in [2.45, 2.75) is 39.3 Å². The maximum atomic E-state index is 13.3. The van der Waals surface area contributed by atoms with E-state index in [2.05, 4.69) is 31.4 Å². The van der Waals surface area contributed by atoms with E-state index in [1.54, 1.807) is 4.68 Å². The van der Waals surface area contributed by atoms with Gasteiger partial charge in [0.05, 0.1) is 11.4 Å². The number of para-hydroxylation sites is 1. The third-order valence-electron chi connectivity index (χ3n) is 5.87. The second kappa shape index (κ2) is 11.6. The second-order valence-electron chi connectivity index (χ2n) is 9.95. The Morgan fingerprint density at radius 1 is 0.838 bits per heavy atom. The summed E-state index contributed by atoms with van der Waals surface area (Å²) in [6.45, 7) is 6.81. The van der Waals surface area contributed by atoms with Crippen LogP contribution < -0.4 is 10.6 Å². The number of hydrogen-bond donors (Lipinski definition) is 2. The maximum absolute atomic E-state index is 13.3. The van der Waals surface area contributed by atoms with E-state index < -0.39 is 0 Å². The van der Waals surface area contributed by atoms with Crippen LogP contribution in [-0.4, -0.2) is 33.2 Å². The molecule has 0 aliphatic rings. The quantitative estimate of drug-likeness (QED) is 0.338. The highest BCUT2D eigenvalue weighted by atomic mass is 16.2. The minimum atomic E-state index is -0.310. The standard InChI is InChI=1S/C30H33N5O2/c1-30(2,3)26-19-27(35(33-26)25-17-11-6-12-18-25)32-28(36)22-34(21-24-15-9-5-10-16-24)29(37)31-20-23-13-7-4-8-14-23/h4-19H,20-22H2,1-3H3,(H,31,37)(H,32,36). The maximum Gasteiger partial charge on any atom is 0.318 e. The molecule has 0 aliphatic heterocycles. The number of nitrogens with zero attached hydrogens (tertiary/aromatic N) is 3. The first-order valence-electron chi connectivity index (χ1n) is 12.4. The number of rotatable bonds is 8. The van der Waals surface area contributed by atoms with Crippen molar-refractivity contribution in [3.63, 3.8) is 0 Å². The van der Waals surface area contributed by atoms with Crippen LogP contribution in [0.2, 0.25) is 0 Å². The third kappa shape index (κ3) is 7.07. The van der Waals surface area contributed by atoms with Crippen LogP contribution in [0.4, 0.5) is 10.6 Å². The highest BCUT2D eigenvalue weighted by Crippen LogP contribution is 2.26. The predicted octanol–water partition coefficient (Wildman–Crippen LogP) is 5.52. The van der Waals surface area contributed by atoms with Crippen LogP contribution in [0.1, 0.15) is 37.6 Å². The molecule has 0 saturated heterocycles. The summed E-state index contributed by atoms with van der Waals surface area (Å²) in [6.07, 6.45) is 0. The monoisotopic (exact) mass is 495 g/mol. The van der Waals surface area contributed by atoms with Gasteiger partial charge in [-0.25, -0.2) is 9.48 Å². The Morgan fingerprint density at radius 2 is 1.41 bits per heavy atom. The van der Waals surface area contributed by atoms with Crippen molar-refractivity contribution >= 4 is 17.8 Å². The first-order valence-corrected chi connectivity index (χ1v) is 12.4. The molecule has 0 atom stereocenters. The molecule has 3 amide bonds. The molecule has 7 heteroatoms. The van der Waals surface area contributed by atoms with Gasteiger partial charge in [0, 0.05) is 24.6 Å². The molecule has 0 saturated carbocycles. The zero-order valence-electron chi connectivity index (χ0n) is 21.5. The molecule has 190 valence electrons. The van der Waals surface area contributed by atoms with Gasteiger partial charge in [-0.1, -0.05) is 99.6 Å². The molecule has 7 nitrogen and oxygen atoms in total. The number of anilines is 1. The largest absolute Gasteiger partial charge is 0.334 e. The lowest BCUT2D eigenvalue weighted by molar-refractivity contribution is -0.116. The Kier molecular flexibility index (Phi) is 8.03. The molecule has 0 bridgehead atoms. The molecule has 0 radical (unpaired) electrons. The summed E-state index contributed by atoms with van der Waals surface area (Å²) >= 11 is 0. The van der Waals surface area contributed by atoms with Crippen molar-refractivity contribution in [3.8, 4) is 5.69 Å². The molecule has 0 spiro atoms. The van der Waals surface area contributed by atoms with Gasteiger partial charge in [-0.15, -0.1) is 0 Å². The lowest BCUT2D eigenvalue weighted by Crippen LogP contribution is -2.43. The van der Waals surface area contributed by atoms with Gasteiger partial charge in [0.25, 0.3) is 0 Å². The molecular weight excluding hydrogens is 462 g/mol. The zero-order chi connectivity index (χ0) is 26.3. The van der Waals surface area contributed by atoms with Gasteiger partial charge in [0.15, 0.2) is 0 Å². The minimum Gasteiger partial charge on any atom is -0.334 e. The van der Waals surface area contributed by atoms with E-state index >= 15 is 0 Å². The Hall–Kier alpha value is -4.39. The summed E-state index contributed by atoms with van der Waals surface area (Å²) in [5, 5.41) is 10.7. The van der Waals surface area contributed by atoms with Crippen molar-refractivity contribution in [1.82, 2.24) is 20.0 Å². The minimum absolute atomic E-state index is 0.111. The Labute approximate surface area is 218 Å². The topological polar surface area (TPSA) is 79.3 Å². The van der Waals surface area contributed by atoms with Crippen LogP contribution in [0.25, 0.3) is 5.69 Å². The first kappa shape index (κ1) is 25.7. The molecule has 2 N–H and O–H groups in total. The van der Waals surface area contributed by atoms with Crippen molar-refractivity contribution in [1.29, 1.82) is 0 Å². The number of hydrogen-bond acceptors (Lipinski definition) is 3. The van der Waals surface area contributed by atoms with Crippen molar-refractivity contribution in [2.75, 3.05) is 11.9 Å². The van der Waals surface area contributed by atoms with Crippen molar-refractivity contribution in [3.05, 3.63) is 114 Å². The van der Waals surface area contributed by atoms with Crippen LogP contribution >= 0.6 is 0 Å². The van der Waals surface area contributed by atoms with E-state index in [0.29, 0.717) is 18.9 Å². The highest BCUT2D eigenvalue weighted by molar-refractivity contribution is 5.94. The fourth-order valence-corrected chi connectivity index (χ4v) is 3.85. The van der Waals surface area contributed by atoms with Crippen LogP contribution in [0, 0.1) is 0 Å². The summed E-state index contributed by atoms with van der Waals surface area (Å²) in [4.78, 5) is 27.9. The van der Waals surface area contributed by atoms with Gasteiger partial charge in [-0.2, -0.15) is 5.10 Å². The number of benzene rings is 3. The van der Waals surface area contributed by atoms with E-state index in [-0.39, 0.29) is 23.9 Å². The van der Waals surface area contributed by atoms with E-state index in [4.69, 9.17) is 5.10 Å². The summed E-state index contributed by atoms with van der Waals surface area (Å²) in [5.41, 5.74) is 3.43. The zero-order valence-corrected chi connectivity index (χ0v) is 21.5. The lowest BCUT2D eigenvalue weighted by atomic mass is 9.92. The van der Waals surface area contributed by atoms with Crippen LogP contribution in [-0.2, 0) is 23.3 Å². The predicted molar refractivity (Wildman–Crippen MR) is 146 cm³/mol. The normalized spacial score (nSPS) is 11.1. The molecule has 3 aromatic carbocycles. The molecule has 0 unspecified atom stereocenters. The highest BCUT2D eigenvalue weighted by Gasteiger charge is 2.23. The first-order chi connectivity index (χ1) is 17.8.